The van der Waals surface area contributed by atoms with Gasteiger partial charge in [0.15, 0.2) is 0 Å². The van der Waals surface area contributed by atoms with E-state index in [1.54, 1.807) is 0 Å². The van der Waals surface area contributed by atoms with Gasteiger partial charge in [-0.2, -0.15) is 16.8 Å². The van der Waals surface area contributed by atoms with E-state index in [1.807, 2.05) is 0 Å². The van der Waals surface area contributed by atoms with Gasteiger partial charge in [0.05, 0.1) is 59.2 Å². The smallest absolute Gasteiger partial charge is 0.348 e. The van der Waals surface area contributed by atoms with Gasteiger partial charge in [0.1, 0.15) is 4.90 Å². The number of carbonyl (C=O) groups is 8. The summed E-state index contributed by atoms with van der Waals surface area (Å²) in [6, 6.07) is 12.1. The summed E-state index contributed by atoms with van der Waals surface area (Å²) < 4.78 is 113. The Morgan fingerprint density at radius 1 is 0.452 bits per heavy atom. The van der Waals surface area contributed by atoms with Crippen molar-refractivity contribution in [1.29, 1.82) is 0 Å². The Bertz CT molecular complexity index is 3090. The van der Waals surface area contributed by atoms with Crippen LogP contribution in [0.4, 0.5) is 0 Å². The van der Waals surface area contributed by atoms with Crippen molar-refractivity contribution in [3.63, 3.8) is 0 Å². The van der Waals surface area contributed by atoms with Gasteiger partial charge in [0.25, 0.3) is 38.3 Å². The van der Waals surface area contributed by atoms with Crippen LogP contribution in [0.25, 0.3) is 0 Å². The fourth-order valence-electron chi connectivity index (χ4n) is 4.71. The third-order valence-electron chi connectivity index (χ3n) is 7.29. The number of ether oxygens (including phenoxy) is 2. The molecule has 62 heavy (non-hydrogen) atoms. The second-order valence-electron chi connectivity index (χ2n) is 11.2. The lowest BCUT2D eigenvalue weighted by atomic mass is 10.1. The van der Waals surface area contributed by atoms with Crippen molar-refractivity contribution in [2.45, 2.75) is 19.6 Å². The van der Waals surface area contributed by atoms with Crippen LogP contribution >= 0.6 is 21.4 Å². The molecule has 0 aromatic heterocycles. The summed E-state index contributed by atoms with van der Waals surface area (Å²) in [5.74, 6) is -9.94. The predicted molar refractivity (Wildman–Crippen MR) is 199 cm³/mol. The van der Waals surface area contributed by atoms with Gasteiger partial charge in [-0.15, -0.1) is 0 Å². The molecule has 0 atom stereocenters. The SMILES string of the molecule is O=C(O)c1ccc(S(=O)(=O)O)cc1C(=O)O.O=C(O)c1cccc(S(=O)(=O)O)c1C(=O)O.O=C1OC(=O)c2c1cccc2S(=O)(=O)Cl.O=C1OC(=O)c2cc(S(=O)(=O)Cl)ccc21. The number of rotatable bonds is 8. The van der Waals surface area contributed by atoms with Gasteiger partial charge in [-0.1, -0.05) is 12.1 Å². The fraction of sp³-hybridized carbons (Fsp3) is 0. The number of hydrogen-bond donors (Lipinski definition) is 6. The number of fused-ring (bicyclic) bond motifs is 2. The molecule has 328 valence electrons. The zero-order valence-electron chi connectivity index (χ0n) is 29.3. The minimum absolute atomic E-state index is 0.0454. The normalized spacial score (nSPS) is 13.0. The number of halogens is 2. The summed E-state index contributed by atoms with van der Waals surface area (Å²) in [6.45, 7) is 0. The lowest BCUT2D eigenvalue weighted by Gasteiger charge is -2.05. The molecule has 2 aliphatic heterocycles. The average Bonchev–Trinajstić information content (AvgIpc) is 3.61. The predicted octanol–water partition coefficient (Wildman–Crippen LogP) is 2.51. The number of benzene rings is 4. The van der Waals surface area contributed by atoms with Crippen LogP contribution in [0.5, 0.6) is 0 Å². The maximum absolute atomic E-state index is 11.2. The fourth-order valence-corrected chi connectivity index (χ4v) is 7.77. The Hall–Kier alpha value is -6.66. The molecule has 0 unspecified atom stereocenters. The van der Waals surface area contributed by atoms with Crippen LogP contribution in [0.15, 0.2) is 92.4 Å². The first-order valence-electron chi connectivity index (χ1n) is 15.1. The number of carboxylic acids is 4. The first kappa shape index (κ1) is 49.7. The highest BCUT2D eigenvalue weighted by molar-refractivity contribution is 8.14. The number of esters is 4. The summed E-state index contributed by atoms with van der Waals surface area (Å²) in [6.07, 6.45) is 0. The minimum atomic E-state index is -4.78. The first-order chi connectivity index (χ1) is 28.3. The van der Waals surface area contributed by atoms with Crippen LogP contribution in [0.1, 0.15) is 82.9 Å². The second kappa shape index (κ2) is 18.5. The van der Waals surface area contributed by atoms with E-state index in [9.17, 15) is 72.0 Å². The molecular formula is C32H18Cl2O24S4. The molecule has 4 aromatic carbocycles. The monoisotopic (exact) mass is 984 g/mol. The van der Waals surface area contributed by atoms with Crippen LogP contribution < -0.4 is 0 Å². The Morgan fingerprint density at radius 2 is 0.935 bits per heavy atom. The topological polar surface area (TPSA) is 413 Å². The van der Waals surface area contributed by atoms with Gasteiger partial charge in [-0.3, -0.25) is 9.11 Å². The van der Waals surface area contributed by atoms with Crippen molar-refractivity contribution in [3.8, 4) is 0 Å². The lowest BCUT2D eigenvalue weighted by Crippen LogP contribution is -2.14. The third kappa shape index (κ3) is 11.8. The van der Waals surface area contributed by atoms with Crippen LogP contribution in [-0.4, -0.2) is 111 Å². The Morgan fingerprint density at radius 3 is 1.42 bits per heavy atom. The summed E-state index contributed by atoms with van der Waals surface area (Å²) in [5, 5.41) is 34.7. The maximum atomic E-state index is 11.2. The lowest BCUT2D eigenvalue weighted by molar-refractivity contribution is 0.0425. The highest BCUT2D eigenvalue weighted by atomic mass is 35.7. The third-order valence-corrected chi connectivity index (χ3v) is 11.8. The first-order valence-corrected chi connectivity index (χ1v) is 22.6. The van der Waals surface area contributed by atoms with Crippen molar-refractivity contribution < 1.29 is 111 Å². The van der Waals surface area contributed by atoms with Crippen molar-refractivity contribution in [1.82, 2.24) is 0 Å². The van der Waals surface area contributed by atoms with E-state index >= 15 is 0 Å². The molecule has 0 spiro atoms. The molecule has 30 heteroatoms. The van der Waals surface area contributed by atoms with E-state index < -0.39 is 123 Å². The molecule has 4 aromatic rings. The minimum Gasteiger partial charge on any atom is -0.478 e. The second-order valence-corrected chi connectivity index (χ2v) is 19.1. The summed E-state index contributed by atoms with van der Waals surface area (Å²) in [4.78, 5) is 84.8. The van der Waals surface area contributed by atoms with Gasteiger partial charge in [0, 0.05) is 21.4 Å². The molecule has 0 aliphatic carbocycles. The van der Waals surface area contributed by atoms with E-state index in [1.165, 1.54) is 18.2 Å². The van der Waals surface area contributed by atoms with E-state index in [2.05, 4.69) is 9.47 Å². The molecule has 0 saturated heterocycles. The molecule has 2 aliphatic rings. The van der Waals surface area contributed by atoms with Gasteiger partial charge in [-0.05, 0) is 60.7 Å². The summed E-state index contributed by atoms with van der Waals surface area (Å²) in [7, 11) is -7.13. The number of cyclic esters (lactones) is 4. The van der Waals surface area contributed by atoms with Gasteiger partial charge in [-0.25, -0.2) is 55.2 Å². The highest BCUT2D eigenvalue weighted by Gasteiger charge is 2.35. The van der Waals surface area contributed by atoms with Crippen LogP contribution in [0, 0.1) is 0 Å². The molecule has 24 nitrogen and oxygen atoms in total. The van der Waals surface area contributed by atoms with Gasteiger partial charge in [0.2, 0.25) is 0 Å². The summed E-state index contributed by atoms with van der Waals surface area (Å²) >= 11 is 0. The van der Waals surface area contributed by atoms with E-state index in [4.69, 9.17) is 50.9 Å². The Balaban J connectivity index is 0.000000220. The van der Waals surface area contributed by atoms with E-state index in [0.29, 0.717) is 6.07 Å². The number of carbonyl (C=O) groups excluding carboxylic acids is 4. The standard InChI is InChI=1S/2C8H3ClO5S.2C8H6O7S/c9-15(12,13)4-1-2-5-6(3-4)8(11)14-7(5)10;9-15(12,13)5-3-1-2-4-6(5)8(11)14-7(4)10;9-7(10)5-2-1-4(16(13,14)15)3-6(5)8(11)12;9-7(10)4-2-1-3-5(16(13,14)15)6(4)8(11)12/h2*1-3H;2*1-3H,(H,9,10)(H,11,12)(H,13,14,15). The van der Waals surface area contributed by atoms with Crippen molar-refractivity contribution in [2.75, 3.05) is 0 Å². The molecule has 6 N–H and O–H groups in total. The average molecular weight is 986 g/mol. The zero-order chi connectivity index (χ0) is 47.4. The van der Waals surface area contributed by atoms with Gasteiger partial charge >= 0.3 is 47.8 Å². The number of aromatic carboxylic acids is 4. The van der Waals surface area contributed by atoms with Crippen LogP contribution in [0.3, 0.4) is 0 Å². The van der Waals surface area contributed by atoms with Crippen molar-refractivity contribution in [3.05, 3.63) is 117 Å². The Kier molecular flexibility index (Phi) is 14.9. The number of hydrogen-bond acceptors (Lipinski definition) is 18. The molecule has 6 rings (SSSR count). The Labute approximate surface area is 353 Å². The van der Waals surface area contributed by atoms with Crippen LogP contribution in [0.2, 0.25) is 0 Å². The zero-order valence-corrected chi connectivity index (χ0v) is 34.1. The van der Waals surface area contributed by atoms with Crippen molar-refractivity contribution in [2.24, 2.45) is 0 Å². The quantitative estimate of drug-likeness (QED) is 0.0639. The largest absolute Gasteiger partial charge is 0.478 e. The molecular weight excluding hydrogens is 968 g/mol. The number of carboxylic acid groups (broad SMARTS) is 4. The molecule has 2 heterocycles. The van der Waals surface area contributed by atoms with E-state index in [0.717, 1.165) is 48.5 Å². The molecule has 0 amide bonds. The van der Waals surface area contributed by atoms with Crippen molar-refractivity contribution >= 4 is 107 Å². The highest BCUT2D eigenvalue weighted by Crippen LogP contribution is 2.29. The molecule has 0 radical (unpaired) electrons. The van der Waals surface area contributed by atoms with Crippen LogP contribution in [-0.2, 0) is 47.8 Å². The molecule has 0 bridgehead atoms. The maximum Gasteiger partial charge on any atom is 0.348 e. The van der Waals surface area contributed by atoms with E-state index in [-0.39, 0.29) is 27.1 Å². The summed E-state index contributed by atoms with van der Waals surface area (Å²) in [5.41, 5.74) is -3.34. The molecule has 0 fully saturated rings. The molecule has 0 saturated carbocycles. The van der Waals surface area contributed by atoms with Gasteiger partial charge < -0.3 is 29.9 Å².